The molecule has 0 radical (unpaired) electrons. The van der Waals surface area contributed by atoms with Crippen molar-refractivity contribution in [2.24, 2.45) is 0 Å². The van der Waals surface area contributed by atoms with Crippen molar-refractivity contribution in [3.63, 3.8) is 0 Å². The van der Waals surface area contributed by atoms with Gasteiger partial charge in [-0.25, -0.2) is 4.98 Å². The minimum atomic E-state index is 0.543. The van der Waals surface area contributed by atoms with Crippen molar-refractivity contribution in [3.8, 4) is 11.5 Å². The third kappa shape index (κ3) is 3.08. The summed E-state index contributed by atoms with van der Waals surface area (Å²) in [7, 11) is 0. The van der Waals surface area contributed by atoms with Crippen LogP contribution in [0.5, 0.6) is 0 Å². The number of aromatic nitrogens is 3. The van der Waals surface area contributed by atoms with Crippen LogP contribution in [0.1, 0.15) is 5.89 Å². The second-order valence-corrected chi connectivity index (χ2v) is 5.76. The lowest BCUT2D eigenvalue weighted by molar-refractivity contribution is 0.528. The Morgan fingerprint density at radius 3 is 2.70 bits per heavy atom. The van der Waals surface area contributed by atoms with Crippen LogP contribution in [-0.2, 0) is 5.75 Å². The zero-order valence-electron chi connectivity index (χ0n) is 10.4. The normalized spacial score (nSPS) is 10.7. The van der Waals surface area contributed by atoms with Crippen molar-refractivity contribution in [3.05, 3.63) is 59.0 Å². The molecule has 6 heteroatoms. The van der Waals surface area contributed by atoms with Crippen LogP contribution < -0.4 is 0 Å². The van der Waals surface area contributed by atoms with E-state index in [-0.39, 0.29) is 0 Å². The molecule has 0 saturated carbocycles. The summed E-state index contributed by atoms with van der Waals surface area (Å²) >= 11 is 5.02. The fourth-order valence-corrected chi connectivity index (χ4v) is 2.93. The Hall–Kier alpha value is -1.66. The number of benzene rings is 1. The molecule has 0 aliphatic heterocycles. The Morgan fingerprint density at radius 2 is 1.90 bits per heavy atom. The molecule has 0 saturated heterocycles. The molecule has 0 atom stereocenters. The van der Waals surface area contributed by atoms with Gasteiger partial charge in [0.05, 0.1) is 5.75 Å². The number of thioether (sulfide) groups is 1. The van der Waals surface area contributed by atoms with E-state index in [0.717, 1.165) is 15.1 Å². The van der Waals surface area contributed by atoms with Crippen molar-refractivity contribution in [1.82, 2.24) is 15.2 Å². The molecule has 20 heavy (non-hydrogen) atoms. The van der Waals surface area contributed by atoms with Gasteiger partial charge in [-0.3, -0.25) is 0 Å². The summed E-state index contributed by atoms with van der Waals surface area (Å²) in [6.07, 6.45) is 1.76. The van der Waals surface area contributed by atoms with Crippen molar-refractivity contribution in [2.45, 2.75) is 10.8 Å². The van der Waals surface area contributed by atoms with Gasteiger partial charge in [0.2, 0.25) is 11.8 Å². The second kappa shape index (κ2) is 6.19. The number of rotatable bonds is 4. The lowest BCUT2D eigenvalue weighted by Gasteiger charge is -1.99. The molecule has 0 fully saturated rings. The number of pyridine rings is 1. The summed E-state index contributed by atoms with van der Waals surface area (Å²) in [5, 5.41) is 9.02. The van der Waals surface area contributed by atoms with Gasteiger partial charge in [-0.05, 0) is 40.2 Å². The first-order valence-electron chi connectivity index (χ1n) is 5.94. The predicted molar refractivity (Wildman–Crippen MR) is 81.2 cm³/mol. The molecule has 1 aromatic carbocycles. The SMILES string of the molecule is Brc1cccnc1SCc1nnc(-c2ccccc2)o1. The van der Waals surface area contributed by atoms with Crippen LogP contribution in [0.2, 0.25) is 0 Å². The molecule has 2 heterocycles. The van der Waals surface area contributed by atoms with Gasteiger partial charge in [0.25, 0.3) is 0 Å². The van der Waals surface area contributed by atoms with E-state index in [1.165, 1.54) is 0 Å². The van der Waals surface area contributed by atoms with E-state index in [9.17, 15) is 0 Å². The van der Waals surface area contributed by atoms with Crippen LogP contribution >= 0.6 is 27.7 Å². The molecule has 3 rings (SSSR count). The summed E-state index contributed by atoms with van der Waals surface area (Å²) < 4.78 is 6.61. The molecule has 0 aliphatic rings. The molecule has 3 aromatic rings. The molecule has 0 spiro atoms. The highest BCUT2D eigenvalue weighted by molar-refractivity contribution is 9.10. The van der Waals surface area contributed by atoms with Gasteiger partial charge in [-0.2, -0.15) is 0 Å². The molecule has 2 aromatic heterocycles. The van der Waals surface area contributed by atoms with E-state index in [1.54, 1.807) is 18.0 Å². The van der Waals surface area contributed by atoms with Gasteiger partial charge >= 0.3 is 0 Å². The van der Waals surface area contributed by atoms with Crippen LogP contribution in [0.3, 0.4) is 0 Å². The average Bonchev–Trinajstić information content (AvgIpc) is 2.96. The highest BCUT2D eigenvalue weighted by atomic mass is 79.9. The third-order valence-electron chi connectivity index (χ3n) is 2.54. The van der Waals surface area contributed by atoms with Gasteiger partial charge < -0.3 is 4.42 Å². The number of hydrogen-bond acceptors (Lipinski definition) is 5. The molecule has 4 nitrogen and oxygen atoms in total. The maximum Gasteiger partial charge on any atom is 0.247 e. The summed E-state index contributed by atoms with van der Waals surface area (Å²) in [5.41, 5.74) is 0.926. The molecule has 0 amide bonds. The predicted octanol–water partition coefficient (Wildman–Crippen LogP) is 4.19. The summed E-state index contributed by atoms with van der Waals surface area (Å²) in [5.74, 6) is 1.72. The molecule has 0 aliphatic carbocycles. The van der Waals surface area contributed by atoms with Crippen molar-refractivity contribution in [2.75, 3.05) is 0 Å². The van der Waals surface area contributed by atoms with Gasteiger partial charge in [-0.15, -0.1) is 10.2 Å². The quantitative estimate of drug-likeness (QED) is 0.662. The first-order chi connectivity index (χ1) is 9.83. The first-order valence-corrected chi connectivity index (χ1v) is 7.72. The minimum Gasteiger partial charge on any atom is -0.420 e. The average molecular weight is 348 g/mol. The van der Waals surface area contributed by atoms with Gasteiger partial charge in [0.1, 0.15) is 5.03 Å². The highest BCUT2D eigenvalue weighted by Crippen LogP contribution is 2.28. The highest BCUT2D eigenvalue weighted by Gasteiger charge is 2.09. The van der Waals surface area contributed by atoms with E-state index in [0.29, 0.717) is 17.5 Å². The number of hydrogen-bond donors (Lipinski definition) is 0. The Balaban J connectivity index is 1.71. The zero-order chi connectivity index (χ0) is 13.8. The van der Waals surface area contributed by atoms with E-state index < -0.39 is 0 Å². The van der Waals surface area contributed by atoms with Gasteiger partial charge in [0, 0.05) is 16.2 Å². The Bertz CT molecular complexity index is 702. The van der Waals surface area contributed by atoms with Crippen LogP contribution in [0.4, 0.5) is 0 Å². The molecule has 0 unspecified atom stereocenters. The summed E-state index contributed by atoms with van der Waals surface area (Å²) in [4.78, 5) is 4.28. The summed E-state index contributed by atoms with van der Waals surface area (Å²) in [6.45, 7) is 0. The Morgan fingerprint density at radius 1 is 1.05 bits per heavy atom. The van der Waals surface area contributed by atoms with Crippen LogP contribution in [0, 0.1) is 0 Å². The Kier molecular flexibility index (Phi) is 4.13. The van der Waals surface area contributed by atoms with E-state index >= 15 is 0 Å². The second-order valence-electron chi connectivity index (χ2n) is 3.95. The maximum atomic E-state index is 5.65. The largest absolute Gasteiger partial charge is 0.420 e. The number of nitrogens with zero attached hydrogens (tertiary/aromatic N) is 3. The molecular weight excluding hydrogens is 338 g/mol. The van der Waals surface area contributed by atoms with Crippen LogP contribution in [0.15, 0.2) is 62.6 Å². The lowest BCUT2D eigenvalue weighted by Crippen LogP contribution is -1.84. The minimum absolute atomic E-state index is 0.543. The summed E-state index contributed by atoms with van der Waals surface area (Å²) in [6, 6.07) is 13.6. The third-order valence-corrected chi connectivity index (χ3v) is 4.44. The zero-order valence-corrected chi connectivity index (χ0v) is 12.8. The molecule has 0 bridgehead atoms. The van der Waals surface area contributed by atoms with Crippen LogP contribution in [0.25, 0.3) is 11.5 Å². The fourth-order valence-electron chi connectivity index (χ4n) is 1.62. The fraction of sp³-hybridized carbons (Fsp3) is 0.0714. The number of halogens is 1. The monoisotopic (exact) mass is 347 g/mol. The first kappa shape index (κ1) is 13.3. The van der Waals surface area contributed by atoms with Crippen molar-refractivity contribution in [1.29, 1.82) is 0 Å². The van der Waals surface area contributed by atoms with Gasteiger partial charge in [0.15, 0.2) is 0 Å². The van der Waals surface area contributed by atoms with E-state index in [2.05, 4.69) is 31.1 Å². The van der Waals surface area contributed by atoms with Crippen LogP contribution in [-0.4, -0.2) is 15.2 Å². The van der Waals surface area contributed by atoms with E-state index in [1.807, 2.05) is 42.5 Å². The molecule has 100 valence electrons. The smallest absolute Gasteiger partial charge is 0.247 e. The molecular formula is C14H10BrN3OS. The molecule has 0 N–H and O–H groups in total. The Labute approximate surface area is 128 Å². The maximum absolute atomic E-state index is 5.65. The van der Waals surface area contributed by atoms with Crippen molar-refractivity contribution < 1.29 is 4.42 Å². The van der Waals surface area contributed by atoms with Crippen molar-refractivity contribution >= 4 is 27.7 Å². The standard InChI is InChI=1S/C14H10BrN3OS/c15-11-7-4-8-16-14(11)20-9-12-17-18-13(19-12)10-5-2-1-3-6-10/h1-8H,9H2. The lowest BCUT2D eigenvalue weighted by atomic mass is 10.2. The van der Waals surface area contributed by atoms with E-state index in [4.69, 9.17) is 4.42 Å². The topological polar surface area (TPSA) is 51.8 Å². The van der Waals surface area contributed by atoms with Gasteiger partial charge in [-0.1, -0.05) is 30.0 Å².